The second kappa shape index (κ2) is 9.36. The summed E-state index contributed by atoms with van der Waals surface area (Å²) >= 11 is 14.5. The first-order valence-electron chi connectivity index (χ1n) is 9.12. The second-order valence-electron chi connectivity index (χ2n) is 6.62. The van der Waals surface area contributed by atoms with Crippen molar-refractivity contribution >= 4 is 79.0 Å². The van der Waals surface area contributed by atoms with Gasteiger partial charge in [0.2, 0.25) is 16.9 Å². The number of carbonyl (C=O) groups is 2. The molecule has 0 bridgehead atoms. The highest BCUT2D eigenvalue weighted by Crippen LogP contribution is 2.32. The normalized spacial score (nSPS) is 14.2. The summed E-state index contributed by atoms with van der Waals surface area (Å²) in [4.78, 5) is 24.7. The van der Waals surface area contributed by atoms with E-state index >= 15 is 0 Å². The van der Waals surface area contributed by atoms with Crippen molar-refractivity contribution in [2.75, 3.05) is 9.62 Å². The predicted molar refractivity (Wildman–Crippen MR) is 125 cm³/mol. The molecule has 1 aromatic heterocycles. The molecule has 0 radical (unpaired) electrons. The molecular formula is C19H14Cl2N4O4S3. The van der Waals surface area contributed by atoms with Crippen molar-refractivity contribution in [3.63, 3.8) is 0 Å². The number of amides is 2. The zero-order chi connectivity index (χ0) is 22.9. The zero-order valence-corrected chi connectivity index (χ0v) is 20.1. The first-order valence-corrected chi connectivity index (χ1v) is 13.2. The molecular weight excluding hydrogens is 515 g/mol. The van der Waals surface area contributed by atoms with Crippen LogP contribution in [0.3, 0.4) is 0 Å². The third-order valence-corrected chi connectivity index (χ3v) is 8.54. The summed E-state index contributed by atoms with van der Waals surface area (Å²) in [6.07, 6.45) is 0.310. The smallest absolute Gasteiger partial charge is 0.263 e. The van der Waals surface area contributed by atoms with Crippen LogP contribution in [0.1, 0.15) is 18.4 Å². The Kier molecular flexibility index (Phi) is 6.72. The fourth-order valence-corrected chi connectivity index (χ4v) is 6.44. The molecule has 3 aromatic rings. The van der Waals surface area contributed by atoms with E-state index in [4.69, 9.17) is 23.2 Å². The molecule has 1 saturated heterocycles. The minimum Gasteiger partial charge on any atom is -0.274 e. The lowest BCUT2D eigenvalue weighted by Crippen LogP contribution is -2.28. The van der Waals surface area contributed by atoms with Gasteiger partial charge in [-0.05, 0) is 42.0 Å². The van der Waals surface area contributed by atoms with Crippen LogP contribution in [0.25, 0.3) is 0 Å². The highest BCUT2D eigenvalue weighted by Gasteiger charge is 2.30. The molecule has 32 heavy (non-hydrogen) atoms. The minimum absolute atomic E-state index is 0.0299. The van der Waals surface area contributed by atoms with Crippen LogP contribution in [0.5, 0.6) is 0 Å². The van der Waals surface area contributed by atoms with Gasteiger partial charge >= 0.3 is 0 Å². The number of anilines is 2. The zero-order valence-electron chi connectivity index (χ0n) is 16.1. The summed E-state index contributed by atoms with van der Waals surface area (Å²) in [7, 11) is -3.92. The van der Waals surface area contributed by atoms with E-state index in [9.17, 15) is 18.0 Å². The average molecular weight is 529 g/mol. The Morgan fingerprint density at radius 3 is 2.38 bits per heavy atom. The van der Waals surface area contributed by atoms with Gasteiger partial charge < -0.3 is 0 Å². The molecule has 1 N–H and O–H groups in total. The van der Waals surface area contributed by atoms with Crippen LogP contribution in [-0.2, 0) is 25.4 Å². The number of rotatable bonds is 7. The first kappa shape index (κ1) is 23.0. The largest absolute Gasteiger partial charge is 0.274 e. The lowest BCUT2D eigenvalue weighted by molar-refractivity contribution is -0.121. The summed E-state index contributed by atoms with van der Waals surface area (Å²) < 4.78 is 28.3. The maximum Gasteiger partial charge on any atom is 0.263 e. The van der Waals surface area contributed by atoms with Crippen molar-refractivity contribution in [1.29, 1.82) is 0 Å². The number of aromatic nitrogens is 2. The van der Waals surface area contributed by atoms with Gasteiger partial charge in [0, 0.05) is 28.6 Å². The first-order chi connectivity index (χ1) is 15.2. The molecule has 2 heterocycles. The molecule has 2 amide bonds. The molecule has 0 unspecified atom stereocenters. The quantitative estimate of drug-likeness (QED) is 0.352. The highest BCUT2D eigenvalue weighted by molar-refractivity contribution is 8.00. The van der Waals surface area contributed by atoms with Gasteiger partial charge in [0.1, 0.15) is 0 Å². The van der Waals surface area contributed by atoms with Gasteiger partial charge in [-0.3, -0.25) is 19.2 Å². The van der Waals surface area contributed by atoms with Crippen LogP contribution in [0.2, 0.25) is 10.0 Å². The molecule has 1 aliphatic rings. The predicted octanol–water partition coefficient (Wildman–Crippen LogP) is 4.59. The van der Waals surface area contributed by atoms with E-state index in [0.717, 1.165) is 21.8 Å². The van der Waals surface area contributed by atoms with Crippen molar-refractivity contribution in [2.24, 2.45) is 0 Å². The molecule has 1 aliphatic heterocycles. The number of halogens is 2. The van der Waals surface area contributed by atoms with Crippen molar-refractivity contribution in [1.82, 2.24) is 10.2 Å². The fraction of sp³-hybridized carbons (Fsp3) is 0.158. The van der Waals surface area contributed by atoms with E-state index in [1.165, 1.54) is 36.0 Å². The number of nitrogens with one attached hydrogen (secondary N) is 1. The SMILES string of the molecule is O=C1CCC(=O)N1c1ccc(S(=O)(=O)Nc2nnc(SCc3ccc(Cl)cc3Cl)s2)cc1. The van der Waals surface area contributed by atoms with E-state index in [1.807, 2.05) is 6.07 Å². The Labute approximate surface area is 202 Å². The van der Waals surface area contributed by atoms with Gasteiger partial charge in [0.05, 0.1) is 10.6 Å². The third-order valence-electron chi connectivity index (χ3n) is 4.45. The fourth-order valence-electron chi connectivity index (χ4n) is 2.90. The number of imide groups is 1. The van der Waals surface area contributed by atoms with Gasteiger partial charge in [-0.15, -0.1) is 10.2 Å². The number of sulfonamides is 1. The summed E-state index contributed by atoms with van der Waals surface area (Å²) in [6, 6.07) is 10.7. The standard InChI is InChI=1S/C19H14Cl2N4O4S3/c20-12-2-1-11(15(21)9-12)10-30-19-23-22-18(31-19)24-32(28,29)14-5-3-13(4-6-14)25-16(26)7-8-17(25)27/h1-6,9H,7-8,10H2,(H,22,24). The van der Waals surface area contributed by atoms with Crippen molar-refractivity contribution < 1.29 is 18.0 Å². The molecule has 8 nitrogen and oxygen atoms in total. The molecule has 166 valence electrons. The molecule has 13 heteroatoms. The molecule has 0 atom stereocenters. The molecule has 0 spiro atoms. The highest BCUT2D eigenvalue weighted by atomic mass is 35.5. The van der Waals surface area contributed by atoms with Crippen LogP contribution in [0.15, 0.2) is 51.7 Å². The molecule has 0 saturated carbocycles. The third kappa shape index (κ3) is 5.07. The summed E-state index contributed by atoms with van der Waals surface area (Å²) in [6.45, 7) is 0. The van der Waals surface area contributed by atoms with Gasteiger partial charge in [-0.1, -0.05) is 52.4 Å². The summed E-state index contributed by atoms with van der Waals surface area (Å²) in [5.74, 6) is -0.0858. The number of nitrogens with zero attached hydrogens (tertiary/aromatic N) is 3. The average Bonchev–Trinajstić information content (AvgIpc) is 3.32. The Balaban J connectivity index is 1.42. The Morgan fingerprint density at radius 1 is 1.03 bits per heavy atom. The maximum absolute atomic E-state index is 12.7. The second-order valence-corrected chi connectivity index (χ2v) is 11.3. The monoisotopic (exact) mass is 528 g/mol. The lowest BCUT2D eigenvalue weighted by Gasteiger charge is -2.14. The topological polar surface area (TPSA) is 109 Å². The lowest BCUT2D eigenvalue weighted by atomic mass is 10.2. The van der Waals surface area contributed by atoms with Crippen molar-refractivity contribution in [2.45, 2.75) is 27.8 Å². The van der Waals surface area contributed by atoms with E-state index in [0.29, 0.717) is 25.8 Å². The van der Waals surface area contributed by atoms with E-state index in [-0.39, 0.29) is 34.7 Å². The number of carbonyl (C=O) groups excluding carboxylic acids is 2. The molecule has 4 rings (SSSR count). The van der Waals surface area contributed by atoms with Gasteiger partial charge in [-0.2, -0.15) is 0 Å². The van der Waals surface area contributed by atoms with Crippen molar-refractivity contribution in [3.8, 4) is 0 Å². The van der Waals surface area contributed by atoms with Gasteiger partial charge in [-0.25, -0.2) is 8.42 Å². The van der Waals surface area contributed by atoms with Crippen LogP contribution in [-0.4, -0.2) is 30.4 Å². The number of hydrogen-bond donors (Lipinski definition) is 1. The minimum atomic E-state index is -3.92. The molecule has 1 fully saturated rings. The Bertz CT molecular complexity index is 1280. The summed E-state index contributed by atoms with van der Waals surface area (Å²) in [5.41, 5.74) is 1.21. The van der Waals surface area contributed by atoms with E-state index in [2.05, 4.69) is 14.9 Å². The number of hydrogen-bond acceptors (Lipinski definition) is 8. The molecule has 0 aliphatic carbocycles. The summed E-state index contributed by atoms with van der Waals surface area (Å²) in [5, 5.41) is 9.07. The van der Waals surface area contributed by atoms with Crippen molar-refractivity contribution in [3.05, 3.63) is 58.1 Å². The van der Waals surface area contributed by atoms with Crippen LogP contribution in [0.4, 0.5) is 10.8 Å². The Morgan fingerprint density at radius 2 is 1.72 bits per heavy atom. The molecule has 2 aromatic carbocycles. The maximum atomic E-state index is 12.7. The number of thioether (sulfide) groups is 1. The van der Waals surface area contributed by atoms with Crippen LogP contribution >= 0.6 is 46.3 Å². The van der Waals surface area contributed by atoms with Crippen LogP contribution < -0.4 is 9.62 Å². The van der Waals surface area contributed by atoms with E-state index in [1.54, 1.807) is 12.1 Å². The van der Waals surface area contributed by atoms with Gasteiger partial charge in [0.15, 0.2) is 4.34 Å². The number of benzene rings is 2. The Hall–Kier alpha value is -2.18. The van der Waals surface area contributed by atoms with Crippen LogP contribution in [0, 0.1) is 0 Å². The van der Waals surface area contributed by atoms with Gasteiger partial charge in [0.25, 0.3) is 10.0 Å². The van der Waals surface area contributed by atoms with E-state index < -0.39 is 10.0 Å².